The van der Waals surface area contributed by atoms with Gasteiger partial charge in [-0.05, 0) is 6.08 Å². The molecular weight excluding hydrogens is 226 g/mol. The fraction of sp³-hybridized carbons (Fsp3) is 0.125. The largest absolute Gasteiger partial charge is 0.298 e. The first-order valence-electron chi connectivity index (χ1n) is 3.67. The molecule has 0 saturated carbocycles. The second-order valence-electron chi connectivity index (χ2n) is 2.70. The highest BCUT2D eigenvalue weighted by Crippen LogP contribution is 2.19. The van der Waals surface area contributed by atoms with Crippen molar-refractivity contribution < 1.29 is 13.2 Å². The smallest absolute Gasteiger partial charge is 0.220 e. The van der Waals surface area contributed by atoms with Crippen LogP contribution in [-0.2, 0) is 14.8 Å². The first kappa shape index (κ1) is 11.2. The van der Waals surface area contributed by atoms with Crippen molar-refractivity contribution in [2.45, 2.75) is 5.25 Å². The molecule has 0 amide bonds. The van der Waals surface area contributed by atoms with Crippen molar-refractivity contribution in [3.8, 4) is 0 Å². The number of carbonyl (C=O) groups is 1. The fourth-order valence-electron chi connectivity index (χ4n) is 0.962. The van der Waals surface area contributed by atoms with E-state index in [1.165, 1.54) is 24.3 Å². The van der Waals surface area contributed by atoms with Gasteiger partial charge in [0.25, 0.3) is 0 Å². The van der Waals surface area contributed by atoms with E-state index in [2.05, 4.69) is 0 Å². The number of primary sulfonamides is 1. The highest BCUT2D eigenvalue weighted by atomic mass is 35.5. The molecule has 0 aliphatic heterocycles. The number of halogens is 1. The van der Waals surface area contributed by atoms with Gasteiger partial charge in [0.1, 0.15) is 11.5 Å². The van der Waals surface area contributed by atoms with Gasteiger partial charge in [-0.1, -0.05) is 29.8 Å². The first-order valence-corrected chi connectivity index (χ1v) is 5.66. The van der Waals surface area contributed by atoms with Crippen LogP contribution < -0.4 is 5.14 Å². The van der Waals surface area contributed by atoms with Crippen molar-refractivity contribution in [2.24, 2.45) is 5.14 Å². The fourth-order valence-corrected chi connectivity index (χ4v) is 2.16. The minimum atomic E-state index is -3.77. The number of allylic oxidation sites excluding steroid dienone is 4. The summed E-state index contributed by atoms with van der Waals surface area (Å²) < 4.78 is 22.1. The minimum absolute atomic E-state index is 0.0700. The zero-order valence-electron chi connectivity index (χ0n) is 7.05. The SMILES string of the molecule is NS(=O)(=O)C1C=CC(C=O)=CC=C1Cl. The van der Waals surface area contributed by atoms with Gasteiger partial charge in [-0.3, -0.25) is 4.79 Å². The van der Waals surface area contributed by atoms with Crippen LogP contribution in [-0.4, -0.2) is 20.0 Å². The van der Waals surface area contributed by atoms with E-state index >= 15 is 0 Å². The molecule has 1 unspecified atom stereocenters. The summed E-state index contributed by atoms with van der Waals surface area (Å²) in [5.41, 5.74) is 0.342. The summed E-state index contributed by atoms with van der Waals surface area (Å²) in [5, 5.41) is 3.94. The van der Waals surface area contributed by atoms with E-state index < -0.39 is 15.3 Å². The van der Waals surface area contributed by atoms with E-state index in [4.69, 9.17) is 16.7 Å². The molecule has 0 aromatic heterocycles. The van der Waals surface area contributed by atoms with Gasteiger partial charge in [0.15, 0.2) is 0 Å². The number of sulfonamides is 1. The van der Waals surface area contributed by atoms with Crippen LogP contribution in [0.25, 0.3) is 0 Å². The van der Waals surface area contributed by atoms with Crippen LogP contribution in [0.2, 0.25) is 0 Å². The maximum atomic E-state index is 11.0. The van der Waals surface area contributed by atoms with Gasteiger partial charge >= 0.3 is 0 Å². The Kier molecular flexibility index (Phi) is 3.25. The van der Waals surface area contributed by atoms with Crippen molar-refractivity contribution in [3.05, 3.63) is 34.9 Å². The van der Waals surface area contributed by atoms with Crippen LogP contribution in [0.5, 0.6) is 0 Å². The lowest BCUT2D eigenvalue weighted by Crippen LogP contribution is -2.26. The van der Waals surface area contributed by atoms with Crippen molar-refractivity contribution in [1.82, 2.24) is 0 Å². The number of rotatable bonds is 2. The number of hydrogen-bond donors (Lipinski definition) is 1. The summed E-state index contributed by atoms with van der Waals surface area (Å²) in [6.07, 6.45) is 6.02. The molecule has 4 nitrogen and oxygen atoms in total. The maximum absolute atomic E-state index is 11.0. The van der Waals surface area contributed by atoms with Gasteiger partial charge in [-0.2, -0.15) is 0 Å². The lowest BCUT2D eigenvalue weighted by Gasteiger charge is -2.06. The molecule has 0 fully saturated rings. The average Bonchev–Trinajstić information content (AvgIpc) is 2.25. The van der Waals surface area contributed by atoms with Crippen LogP contribution in [0.1, 0.15) is 0 Å². The van der Waals surface area contributed by atoms with Crippen LogP contribution in [0.4, 0.5) is 0 Å². The third-order valence-electron chi connectivity index (χ3n) is 1.66. The van der Waals surface area contributed by atoms with E-state index in [9.17, 15) is 13.2 Å². The second-order valence-corrected chi connectivity index (χ2v) is 4.83. The second kappa shape index (κ2) is 4.08. The van der Waals surface area contributed by atoms with E-state index in [1.54, 1.807) is 0 Å². The van der Waals surface area contributed by atoms with Crippen LogP contribution in [0, 0.1) is 0 Å². The van der Waals surface area contributed by atoms with Gasteiger partial charge in [0.2, 0.25) is 10.0 Å². The number of aldehydes is 1. The zero-order valence-corrected chi connectivity index (χ0v) is 8.62. The number of carbonyl (C=O) groups excluding carboxylic acids is 1. The van der Waals surface area contributed by atoms with Gasteiger partial charge in [-0.25, -0.2) is 13.6 Å². The van der Waals surface area contributed by atoms with Crippen molar-refractivity contribution in [1.29, 1.82) is 0 Å². The Labute approximate surface area is 86.8 Å². The summed E-state index contributed by atoms with van der Waals surface area (Å²) in [7, 11) is -3.77. The Balaban J connectivity index is 3.14. The Morgan fingerprint density at radius 1 is 1.43 bits per heavy atom. The Hall–Kier alpha value is -0.910. The molecule has 0 aromatic rings. The third-order valence-corrected chi connectivity index (χ3v) is 3.27. The number of hydrogen-bond acceptors (Lipinski definition) is 3. The molecule has 76 valence electrons. The summed E-state index contributed by atoms with van der Waals surface area (Å²) in [4.78, 5) is 10.4. The monoisotopic (exact) mass is 233 g/mol. The third kappa shape index (κ3) is 2.54. The molecule has 14 heavy (non-hydrogen) atoms. The lowest BCUT2D eigenvalue weighted by atomic mass is 10.2. The Bertz CT molecular complexity index is 434. The molecule has 1 atom stereocenters. The molecule has 6 heteroatoms. The summed E-state index contributed by atoms with van der Waals surface area (Å²) in [5.74, 6) is 0. The van der Waals surface area contributed by atoms with Gasteiger partial charge in [0, 0.05) is 10.6 Å². The highest BCUT2D eigenvalue weighted by Gasteiger charge is 2.22. The topological polar surface area (TPSA) is 77.2 Å². The average molecular weight is 234 g/mol. The molecule has 1 aliphatic rings. The maximum Gasteiger partial charge on any atom is 0.220 e. The first-order chi connectivity index (χ1) is 6.45. The van der Waals surface area contributed by atoms with Crippen LogP contribution in [0.15, 0.2) is 34.9 Å². The molecule has 0 heterocycles. The Morgan fingerprint density at radius 3 is 2.57 bits per heavy atom. The molecule has 2 N–H and O–H groups in total. The molecule has 1 aliphatic carbocycles. The van der Waals surface area contributed by atoms with E-state index in [1.807, 2.05) is 0 Å². The van der Waals surface area contributed by atoms with Crippen LogP contribution in [0.3, 0.4) is 0 Å². The molecule has 0 bridgehead atoms. The molecule has 0 radical (unpaired) electrons. The van der Waals surface area contributed by atoms with Gasteiger partial charge in [-0.15, -0.1) is 0 Å². The lowest BCUT2D eigenvalue weighted by molar-refractivity contribution is -0.104. The normalized spacial score (nSPS) is 22.3. The van der Waals surface area contributed by atoms with E-state index in [-0.39, 0.29) is 5.03 Å². The summed E-state index contributed by atoms with van der Waals surface area (Å²) >= 11 is 5.68. The molecule has 0 saturated heterocycles. The highest BCUT2D eigenvalue weighted by molar-refractivity contribution is 7.90. The summed E-state index contributed by atoms with van der Waals surface area (Å²) in [6, 6.07) is 0. The molecule has 0 spiro atoms. The minimum Gasteiger partial charge on any atom is -0.298 e. The van der Waals surface area contributed by atoms with E-state index in [0.717, 1.165) is 0 Å². The summed E-state index contributed by atoms with van der Waals surface area (Å²) in [6.45, 7) is 0. The zero-order chi connectivity index (χ0) is 10.8. The van der Waals surface area contributed by atoms with Crippen LogP contribution >= 0.6 is 11.6 Å². The predicted octanol–water partition coefficient (Wildman–Crippen LogP) is 0.461. The quantitative estimate of drug-likeness (QED) is 0.704. The number of nitrogens with two attached hydrogens (primary N) is 1. The van der Waals surface area contributed by atoms with Crippen molar-refractivity contribution >= 4 is 27.9 Å². The Morgan fingerprint density at radius 2 is 2.07 bits per heavy atom. The van der Waals surface area contributed by atoms with E-state index in [0.29, 0.717) is 11.9 Å². The predicted molar refractivity (Wildman–Crippen MR) is 54.1 cm³/mol. The molecule has 0 aromatic carbocycles. The molecular formula is C8H8ClNO3S. The molecule has 1 rings (SSSR count). The standard InChI is InChI=1S/C8H8ClNO3S/c9-7-3-1-6(5-11)2-4-8(7)14(10,12)13/h1-5,8H,(H2,10,12,13). The van der Waals surface area contributed by atoms with Gasteiger partial charge in [0.05, 0.1) is 0 Å². The van der Waals surface area contributed by atoms with Crippen molar-refractivity contribution in [2.75, 3.05) is 0 Å². The van der Waals surface area contributed by atoms with Gasteiger partial charge < -0.3 is 0 Å². The van der Waals surface area contributed by atoms with Crippen molar-refractivity contribution in [3.63, 3.8) is 0 Å².